The lowest BCUT2D eigenvalue weighted by Gasteiger charge is -2.11. The first-order chi connectivity index (χ1) is 13.0. The van der Waals surface area contributed by atoms with Crippen molar-refractivity contribution in [3.63, 3.8) is 0 Å². The van der Waals surface area contributed by atoms with Crippen LogP contribution in [0.1, 0.15) is 11.1 Å². The first kappa shape index (κ1) is 18.1. The maximum atomic E-state index is 10.8. The summed E-state index contributed by atoms with van der Waals surface area (Å²) in [6, 6.07) is 15.5. The Morgan fingerprint density at radius 1 is 0.778 bits per heavy atom. The highest BCUT2D eigenvalue weighted by Crippen LogP contribution is 2.19. The largest absolute Gasteiger partial charge is 0.480 e. The molecule has 3 rings (SSSR count). The summed E-state index contributed by atoms with van der Waals surface area (Å²) < 4.78 is 0. The molecule has 1 aromatic heterocycles. The molecule has 0 spiro atoms. The minimum atomic E-state index is -1.00. The predicted molar refractivity (Wildman–Crippen MR) is 105 cm³/mol. The molecule has 0 radical (unpaired) electrons. The van der Waals surface area contributed by atoms with Gasteiger partial charge in [-0.2, -0.15) is 15.0 Å². The van der Waals surface area contributed by atoms with Gasteiger partial charge in [0.25, 0.3) is 0 Å². The zero-order chi connectivity index (χ0) is 19.2. The molecule has 0 atom stereocenters. The van der Waals surface area contributed by atoms with E-state index in [1.807, 2.05) is 62.4 Å². The molecule has 8 heteroatoms. The molecule has 0 aliphatic rings. The summed E-state index contributed by atoms with van der Waals surface area (Å²) >= 11 is 0. The van der Waals surface area contributed by atoms with Gasteiger partial charge < -0.3 is 21.1 Å². The van der Waals surface area contributed by atoms with Gasteiger partial charge in [0, 0.05) is 11.4 Å². The second kappa shape index (κ2) is 8.13. The average Bonchev–Trinajstić information content (AvgIpc) is 2.64. The van der Waals surface area contributed by atoms with E-state index in [1.165, 1.54) is 0 Å². The van der Waals surface area contributed by atoms with Crippen LogP contribution in [0.4, 0.5) is 29.2 Å². The monoisotopic (exact) mass is 364 g/mol. The number of hydrogen-bond donors (Lipinski definition) is 4. The van der Waals surface area contributed by atoms with Gasteiger partial charge in [0.2, 0.25) is 17.8 Å². The highest BCUT2D eigenvalue weighted by molar-refractivity contribution is 5.72. The molecule has 0 saturated carbocycles. The molecule has 0 fully saturated rings. The van der Waals surface area contributed by atoms with E-state index in [1.54, 1.807) is 0 Å². The predicted octanol–water partition coefficient (Wildman–Crippen LogP) is 3.47. The summed E-state index contributed by atoms with van der Waals surface area (Å²) in [6.07, 6.45) is 0. The van der Waals surface area contributed by atoms with Crippen molar-refractivity contribution in [1.29, 1.82) is 0 Å². The van der Waals surface area contributed by atoms with E-state index in [2.05, 4.69) is 30.9 Å². The zero-order valence-electron chi connectivity index (χ0n) is 15.0. The number of nitrogens with one attached hydrogen (secondary N) is 3. The molecule has 138 valence electrons. The number of carboxylic acids is 1. The topological polar surface area (TPSA) is 112 Å². The van der Waals surface area contributed by atoms with E-state index in [0.717, 1.165) is 22.5 Å². The number of aliphatic carboxylic acids is 1. The standard InChI is InChI=1S/C19H20N6O2/c1-12-3-7-14(8-4-12)21-18-23-17(20-11-16(26)27)24-19(25-18)22-15-9-5-13(2)6-10-15/h3-10H,11H2,1-2H3,(H,26,27)(H3,20,21,22,23,24,25). The Balaban J connectivity index is 1.86. The van der Waals surface area contributed by atoms with Crippen LogP contribution in [0, 0.1) is 13.8 Å². The van der Waals surface area contributed by atoms with E-state index in [-0.39, 0.29) is 12.5 Å². The molecular weight excluding hydrogens is 344 g/mol. The van der Waals surface area contributed by atoms with Crippen molar-refractivity contribution < 1.29 is 9.90 Å². The molecule has 27 heavy (non-hydrogen) atoms. The molecule has 4 N–H and O–H groups in total. The third kappa shape index (κ3) is 5.40. The van der Waals surface area contributed by atoms with Crippen LogP contribution in [0.15, 0.2) is 48.5 Å². The molecule has 0 unspecified atom stereocenters. The highest BCUT2D eigenvalue weighted by Gasteiger charge is 2.09. The van der Waals surface area contributed by atoms with Crippen molar-refractivity contribution in [1.82, 2.24) is 15.0 Å². The van der Waals surface area contributed by atoms with Crippen molar-refractivity contribution in [3.8, 4) is 0 Å². The molecule has 0 amide bonds. The van der Waals surface area contributed by atoms with Gasteiger partial charge in [-0.3, -0.25) is 4.79 Å². The maximum Gasteiger partial charge on any atom is 0.322 e. The van der Waals surface area contributed by atoms with Gasteiger partial charge in [-0.15, -0.1) is 0 Å². The third-order valence-electron chi connectivity index (χ3n) is 3.65. The fourth-order valence-electron chi connectivity index (χ4n) is 2.25. The lowest BCUT2D eigenvalue weighted by atomic mass is 10.2. The first-order valence-corrected chi connectivity index (χ1v) is 8.37. The van der Waals surface area contributed by atoms with Crippen LogP contribution in [0.3, 0.4) is 0 Å². The van der Waals surface area contributed by atoms with Crippen LogP contribution in [-0.4, -0.2) is 32.6 Å². The van der Waals surface area contributed by atoms with Crippen molar-refractivity contribution in [3.05, 3.63) is 59.7 Å². The SMILES string of the molecule is Cc1ccc(Nc2nc(NCC(=O)O)nc(Nc3ccc(C)cc3)n2)cc1. The normalized spacial score (nSPS) is 10.3. The van der Waals surface area contributed by atoms with Crippen LogP contribution < -0.4 is 16.0 Å². The minimum absolute atomic E-state index is 0.164. The summed E-state index contributed by atoms with van der Waals surface area (Å²) in [5.41, 5.74) is 3.91. The first-order valence-electron chi connectivity index (χ1n) is 8.37. The molecule has 2 aromatic carbocycles. The Labute approximate surface area is 156 Å². The van der Waals surface area contributed by atoms with Crippen LogP contribution in [-0.2, 0) is 4.79 Å². The summed E-state index contributed by atoms with van der Waals surface area (Å²) in [4.78, 5) is 23.6. The van der Waals surface area contributed by atoms with E-state index >= 15 is 0 Å². The Kier molecular flexibility index (Phi) is 5.46. The highest BCUT2D eigenvalue weighted by atomic mass is 16.4. The van der Waals surface area contributed by atoms with Crippen molar-refractivity contribution in [2.75, 3.05) is 22.5 Å². The van der Waals surface area contributed by atoms with Crippen LogP contribution >= 0.6 is 0 Å². The minimum Gasteiger partial charge on any atom is -0.480 e. The molecule has 0 saturated heterocycles. The van der Waals surface area contributed by atoms with Crippen molar-refractivity contribution in [2.24, 2.45) is 0 Å². The molecule has 0 bridgehead atoms. The van der Waals surface area contributed by atoms with Gasteiger partial charge in [-0.05, 0) is 38.1 Å². The molecule has 1 heterocycles. The van der Waals surface area contributed by atoms with E-state index in [0.29, 0.717) is 11.9 Å². The lowest BCUT2D eigenvalue weighted by Crippen LogP contribution is -2.16. The second-order valence-electron chi connectivity index (χ2n) is 6.04. The van der Waals surface area contributed by atoms with E-state index < -0.39 is 5.97 Å². The summed E-state index contributed by atoms with van der Waals surface area (Å²) in [5, 5.41) is 17.8. The maximum absolute atomic E-state index is 10.8. The Hall–Kier alpha value is -3.68. The third-order valence-corrected chi connectivity index (χ3v) is 3.65. The van der Waals surface area contributed by atoms with Gasteiger partial charge in [0.05, 0.1) is 0 Å². The van der Waals surface area contributed by atoms with Gasteiger partial charge >= 0.3 is 5.97 Å². The average molecular weight is 364 g/mol. The number of aryl methyl sites for hydroxylation is 2. The molecule has 3 aromatic rings. The number of aromatic nitrogens is 3. The number of nitrogens with zero attached hydrogens (tertiary/aromatic N) is 3. The van der Waals surface area contributed by atoms with Crippen LogP contribution in [0.2, 0.25) is 0 Å². The van der Waals surface area contributed by atoms with Crippen molar-refractivity contribution in [2.45, 2.75) is 13.8 Å². The molecular formula is C19H20N6O2. The fourth-order valence-corrected chi connectivity index (χ4v) is 2.25. The van der Waals surface area contributed by atoms with E-state index in [9.17, 15) is 4.79 Å². The molecule has 0 aliphatic carbocycles. The number of carbonyl (C=O) groups is 1. The Morgan fingerprint density at radius 2 is 1.19 bits per heavy atom. The van der Waals surface area contributed by atoms with Gasteiger partial charge in [0.15, 0.2) is 0 Å². The number of hydrogen-bond acceptors (Lipinski definition) is 7. The Morgan fingerprint density at radius 3 is 1.59 bits per heavy atom. The van der Waals surface area contributed by atoms with E-state index in [4.69, 9.17) is 5.11 Å². The number of rotatable bonds is 7. The smallest absolute Gasteiger partial charge is 0.322 e. The molecule has 0 aliphatic heterocycles. The van der Waals surface area contributed by atoms with Gasteiger partial charge in [-0.25, -0.2) is 0 Å². The second-order valence-corrected chi connectivity index (χ2v) is 6.04. The number of carboxylic acid groups (broad SMARTS) is 1. The lowest BCUT2D eigenvalue weighted by molar-refractivity contribution is -0.134. The zero-order valence-corrected chi connectivity index (χ0v) is 15.0. The van der Waals surface area contributed by atoms with Crippen LogP contribution in [0.5, 0.6) is 0 Å². The van der Waals surface area contributed by atoms with Gasteiger partial charge in [0.1, 0.15) is 6.54 Å². The summed E-state index contributed by atoms with van der Waals surface area (Å²) in [6.45, 7) is 3.71. The number of benzene rings is 2. The summed E-state index contributed by atoms with van der Waals surface area (Å²) in [5.74, 6) is -0.235. The molecule has 8 nitrogen and oxygen atoms in total. The quantitative estimate of drug-likeness (QED) is 0.504. The van der Waals surface area contributed by atoms with Crippen LogP contribution in [0.25, 0.3) is 0 Å². The number of anilines is 5. The Bertz CT molecular complexity index is 860. The van der Waals surface area contributed by atoms with Crippen molar-refractivity contribution >= 4 is 35.2 Å². The summed E-state index contributed by atoms with van der Waals surface area (Å²) in [7, 11) is 0. The fraction of sp³-hybridized carbons (Fsp3) is 0.158. The van der Waals surface area contributed by atoms with Gasteiger partial charge in [-0.1, -0.05) is 35.4 Å².